The van der Waals surface area contributed by atoms with E-state index in [2.05, 4.69) is 33.6 Å². The van der Waals surface area contributed by atoms with Crippen molar-refractivity contribution in [1.82, 2.24) is 3.71 Å². The van der Waals surface area contributed by atoms with Crippen LogP contribution in [-0.4, -0.2) is 15.5 Å². The summed E-state index contributed by atoms with van der Waals surface area (Å²) >= 11 is 5.80. The molecule has 0 aromatic carbocycles. The van der Waals surface area contributed by atoms with Crippen LogP contribution >= 0.6 is 24.8 Å². The van der Waals surface area contributed by atoms with Gasteiger partial charge >= 0.3 is 0 Å². The number of hydrogen-bond acceptors (Lipinski definition) is 3. The molecule has 50 valence electrons. The molecule has 0 aliphatic heterocycles. The molecule has 0 amide bonds. The monoisotopic (exact) mass is 151 g/mol. The fourth-order valence-corrected chi connectivity index (χ4v) is 1.92. The summed E-state index contributed by atoms with van der Waals surface area (Å²) in [5.74, 6) is 0. The van der Waals surface area contributed by atoms with Crippen LogP contribution in [0.5, 0.6) is 0 Å². The van der Waals surface area contributed by atoms with E-state index in [4.69, 9.17) is 0 Å². The minimum atomic E-state index is 0.288. The summed E-state index contributed by atoms with van der Waals surface area (Å²) in [5.41, 5.74) is 0. The molecule has 0 heterocycles. The summed E-state index contributed by atoms with van der Waals surface area (Å²) in [6.45, 7) is 6.47. The summed E-state index contributed by atoms with van der Waals surface area (Å²) in [6.07, 6.45) is 0. The van der Waals surface area contributed by atoms with Gasteiger partial charge in [0, 0.05) is 11.8 Å². The van der Waals surface area contributed by atoms with Gasteiger partial charge in [0.25, 0.3) is 0 Å². The van der Waals surface area contributed by atoms with E-state index in [1.807, 2.05) is 10.8 Å². The lowest BCUT2D eigenvalue weighted by Gasteiger charge is -2.20. The zero-order chi connectivity index (χ0) is 6.78. The minimum absolute atomic E-state index is 0.288. The Kier molecular flexibility index (Phi) is 3.24. The molecule has 0 aromatic rings. The van der Waals surface area contributed by atoms with Gasteiger partial charge in [-0.3, -0.25) is 0 Å². The number of rotatable bonds is 1. The van der Waals surface area contributed by atoms with E-state index in [1.165, 1.54) is 0 Å². The predicted molar refractivity (Wildman–Crippen MR) is 44.1 cm³/mol. The van der Waals surface area contributed by atoms with E-state index < -0.39 is 0 Å². The van der Waals surface area contributed by atoms with Crippen molar-refractivity contribution in [2.24, 2.45) is 0 Å². The normalized spacial score (nSPS) is 12.8. The molecular formula is C5H13NS2. The molecule has 0 rings (SSSR count). The summed E-state index contributed by atoms with van der Waals surface area (Å²) in [5, 5.41) is 0. The summed E-state index contributed by atoms with van der Waals surface area (Å²) in [7, 11) is 1.93. The first kappa shape index (κ1) is 8.66. The highest BCUT2D eigenvalue weighted by atomic mass is 32.2. The van der Waals surface area contributed by atoms with Crippen LogP contribution in [0, 0.1) is 0 Å². The Balaban J connectivity index is 3.39. The van der Waals surface area contributed by atoms with E-state index in [-0.39, 0.29) is 4.75 Å². The Morgan fingerprint density at radius 2 is 1.75 bits per heavy atom. The summed E-state index contributed by atoms with van der Waals surface area (Å²) in [6, 6.07) is 0. The molecule has 8 heavy (non-hydrogen) atoms. The van der Waals surface area contributed by atoms with Crippen molar-refractivity contribution in [2.45, 2.75) is 25.5 Å². The smallest absolute Gasteiger partial charge is 0.0230 e. The van der Waals surface area contributed by atoms with Gasteiger partial charge in [-0.2, -0.15) is 3.71 Å². The van der Waals surface area contributed by atoms with Crippen LogP contribution in [0.15, 0.2) is 0 Å². The highest BCUT2D eigenvalue weighted by Crippen LogP contribution is 2.26. The zero-order valence-electron chi connectivity index (χ0n) is 5.80. The maximum absolute atomic E-state index is 4.09. The zero-order valence-corrected chi connectivity index (χ0v) is 7.51. The molecule has 1 nitrogen and oxygen atoms in total. The van der Waals surface area contributed by atoms with E-state index in [1.54, 1.807) is 11.9 Å². The molecular weight excluding hydrogens is 138 g/mol. The predicted octanol–water partition coefficient (Wildman–Crippen LogP) is 2.21. The lowest BCUT2D eigenvalue weighted by molar-refractivity contribution is 0.773. The van der Waals surface area contributed by atoms with Crippen LogP contribution < -0.4 is 0 Å². The van der Waals surface area contributed by atoms with Gasteiger partial charge in [-0.05, 0) is 20.8 Å². The molecule has 3 heteroatoms. The molecule has 0 radical (unpaired) electrons. The molecule has 0 atom stereocenters. The highest BCUT2D eigenvalue weighted by molar-refractivity contribution is 8.06. The first-order valence-corrected chi connectivity index (χ1v) is 3.71. The molecule has 0 aliphatic carbocycles. The minimum Gasteiger partial charge on any atom is -0.200 e. The molecule has 0 saturated heterocycles. The Morgan fingerprint density at radius 3 is 1.75 bits per heavy atom. The van der Waals surface area contributed by atoms with Gasteiger partial charge < -0.3 is 0 Å². The third-order valence-corrected chi connectivity index (χ3v) is 1.46. The first-order chi connectivity index (χ1) is 3.42. The van der Waals surface area contributed by atoms with E-state index >= 15 is 0 Å². The van der Waals surface area contributed by atoms with Gasteiger partial charge in [0.05, 0.1) is 0 Å². The molecule has 0 unspecified atom stereocenters. The third-order valence-electron chi connectivity index (χ3n) is 0.406. The molecule has 0 N–H and O–H groups in total. The Hall–Kier alpha value is 0.660. The van der Waals surface area contributed by atoms with Crippen molar-refractivity contribution in [3.63, 3.8) is 0 Å². The Morgan fingerprint density at radius 1 is 1.38 bits per heavy atom. The van der Waals surface area contributed by atoms with Crippen molar-refractivity contribution in [3.05, 3.63) is 0 Å². The molecule has 0 saturated carbocycles. The van der Waals surface area contributed by atoms with Gasteiger partial charge in [-0.1, -0.05) is 24.8 Å². The second-order valence-corrected chi connectivity index (χ2v) is 5.49. The van der Waals surface area contributed by atoms with E-state index in [0.717, 1.165) is 0 Å². The van der Waals surface area contributed by atoms with Crippen LogP contribution in [0.4, 0.5) is 0 Å². The standard InChI is InChI=1S/C5H13NS2/c1-5(2,3)8-6(4)7/h7H,1-4H3. The Bertz CT molecular complexity index is 65.3. The highest BCUT2D eigenvalue weighted by Gasteiger charge is 2.11. The molecule has 0 aromatic heterocycles. The number of nitrogens with zero attached hydrogens (tertiary/aromatic N) is 1. The third kappa shape index (κ3) is 6.66. The second kappa shape index (κ2) is 2.99. The largest absolute Gasteiger partial charge is 0.200 e. The number of hydrogen-bond donors (Lipinski definition) is 1. The van der Waals surface area contributed by atoms with Gasteiger partial charge in [0.15, 0.2) is 0 Å². The number of thiol groups is 1. The van der Waals surface area contributed by atoms with Crippen LogP contribution in [0.2, 0.25) is 0 Å². The van der Waals surface area contributed by atoms with Gasteiger partial charge in [0.1, 0.15) is 0 Å². The van der Waals surface area contributed by atoms with Crippen LogP contribution in [0.1, 0.15) is 20.8 Å². The average molecular weight is 151 g/mol. The molecule has 0 fully saturated rings. The van der Waals surface area contributed by atoms with Crippen molar-refractivity contribution in [2.75, 3.05) is 7.05 Å². The van der Waals surface area contributed by atoms with Gasteiger partial charge in [-0.25, -0.2) is 0 Å². The van der Waals surface area contributed by atoms with Crippen molar-refractivity contribution >= 4 is 24.8 Å². The fraction of sp³-hybridized carbons (Fsp3) is 1.00. The van der Waals surface area contributed by atoms with Crippen molar-refractivity contribution < 1.29 is 0 Å². The summed E-state index contributed by atoms with van der Waals surface area (Å²) in [4.78, 5) is 0. The Labute approximate surface area is 61.5 Å². The summed E-state index contributed by atoms with van der Waals surface area (Å²) < 4.78 is 2.11. The SMILES string of the molecule is CN(S)SC(C)(C)C. The van der Waals surface area contributed by atoms with Crippen LogP contribution in [-0.2, 0) is 0 Å². The van der Waals surface area contributed by atoms with E-state index in [9.17, 15) is 0 Å². The van der Waals surface area contributed by atoms with Crippen molar-refractivity contribution in [3.8, 4) is 0 Å². The average Bonchev–Trinajstić information content (AvgIpc) is 1.21. The quantitative estimate of drug-likeness (QED) is 0.452. The molecule has 0 aliphatic rings. The topological polar surface area (TPSA) is 3.24 Å². The van der Waals surface area contributed by atoms with Gasteiger partial charge in [0.2, 0.25) is 0 Å². The van der Waals surface area contributed by atoms with Crippen molar-refractivity contribution in [1.29, 1.82) is 0 Å². The lowest BCUT2D eigenvalue weighted by atomic mass is 10.3. The fourth-order valence-electron chi connectivity index (χ4n) is 0.396. The second-order valence-electron chi connectivity index (χ2n) is 2.67. The van der Waals surface area contributed by atoms with Crippen LogP contribution in [0.3, 0.4) is 0 Å². The molecule has 0 spiro atoms. The van der Waals surface area contributed by atoms with E-state index in [0.29, 0.717) is 0 Å². The van der Waals surface area contributed by atoms with Gasteiger partial charge in [-0.15, -0.1) is 0 Å². The van der Waals surface area contributed by atoms with Crippen LogP contribution in [0.25, 0.3) is 0 Å². The maximum Gasteiger partial charge on any atom is 0.0230 e. The lowest BCUT2D eigenvalue weighted by Crippen LogP contribution is -2.12. The molecule has 0 bridgehead atoms. The first-order valence-electron chi connectivity index (χ1n) is 2.53. The maximum atomic E-state index is 4.09.